The third-order valence-electron chi connectivity index (χ3n) is 10.7. The maximum absolute atomic E-state index is 13.7. The van der Waals surface area contributed by atoms with Crippen LogP contribution in [-0.2, 0) is 4.74 Å². The van der Waals surface area contributed by atoms with Crippen LogP contribution in [0.1, 0.15) is 83.1 Å². The van der Waals surface area contributed by atoms with E-state index in [2.05, 4.69) is 49.7 Å². The number of aromatic nitrogens is 3. The van der Waals surface area contributed by atoms with Crippen LogP contribution in [0.5, 0.6) is 11.5 Å². The monoisotopic (exact) mass is 749 g/mol. The SMILES string of the molecule is C[C@H]1CCCCN1c1nnc2ccc(O[C@@H]3CC[C@H](NC(=O)NC(/C=C(\N)C(C)(C)C)=Nc4cccc(OCCN5CCOCC5)c4)c4ccccc43)cn12. The number of nitrogens with zero attached hydrogens (tertiary/aromatic N) is 6. The molecule has 7 rings (SSSR count). The van der Waals surface area contributed by atoms with E-state index in [9.17, 15) is 4.79 Å². The van der Waals surface area contributed by atoms with Crippen molar-refractivity contribution in [3.8, 4) is 11.5 Å². The molecule has 4 aromatic rings. The predicted molar refractivity (Wildman–Crippen MR) is 215 cm³/mol. The number of hydrogen-bond acceptors (Lipinski definition) is 10. The fraction of sp³-hybridized carbons (Fsp3) is 0.476. The average molecular weight is 750 g/mol. The van der Waals surface area contributed by atoms with Gasteiger partial charge in [-0.25, -0.2) is 9.79 Å². The minimum absolute atomic E-state index is 0.182. The summed E-state index contributed by atoms with van der Waals surface area (Å²) in [7, 11) is 0. The van der Waals surface area contributed by atoms with Gasteiger partial charge in [-0.2, -0.15) is 0 Å². The molecule has 4 N–H and O–H groups in total. The number of morpholine rings is 1. The van der Waals surface area contributed by atoms with E-state index in [1.165, 1.54) is 6.42 Å². The van der Waals surface area contributed by atoms with Crippen molar-refractivity contribution in [1.29, 1.82) is 0 Å². The van der Waals surface area contributed by atoms with E-state index in [-0.39, 0.29) is 23.6 Å². The van der Waals surface area contributed by atoms with Gasteiger partial charge in [0.05, 0.1) is 31.1 Å². The van der Waals surface area contributed by atoms with E-state index >= 15 is 0 Å². The van der Waals surface area contributed by atoms with Gasteiger partial charge in [-0.3, -0.25) is 14.6 Å². The molecule has 2 aliphatic heterocycles. The van der Waals surface area contributed by atoms with Gasteiger partial charge in [0.2, 0.25) is 5.95 Å². The molecule has 0 spiro atoms. The molecule has 3 atom stereocenters. The minimum atomic E-state index is -0.369. The van der Waals surface area contributed by atoms with E-state index in [1.807, 2.05) is 79.9 Å². The number of carbonyl (C=O) groups excluding carboxylic acids is 1. The number of nitrogens with two attached hydrogens (primary N) is 1. The second-order valence-corrected chi connectivity index (χ2v) is 15.7. The van der Waals surface area contributed by atoms with Gasteiger partial charge >= 0.3 is 6.03 Å². The van der Waals surface area contributed by atoms with Gasteiger partial charge in [-0.1, -0.05) is 51.1 Å². The number of anilines is 1. The van der Waals surface area contributed by atoms with Gasteiger partial charge in [-0.15, -0.1) is 10.2 Å². The highest BCUT2D eigenvalue weighted by molar-refractivity contribution is 6.05. The quantitative estimate of drug-likeness (QED) is 0.119. The average Bonchev–Trinajstić information content (AvgIpc) is 3.59. The highest BCUT2D eigenvalue weighted by Gasteiger charge is 2.30. The van der Waals surface area contributed by atoms with Crippen LogP contribution in [0.2, 0.25) is 0 Å². The lowest BCUT2D eigenvalue weighted by Crippen LogP contribution is -2.42. The molecule has 0 unspecified atom stereocenters. The zero-order chi connectivity index (χ0) is 38.4. The first-order valence-electron chi connectivity index (χ1n) is 19.6. The predicted octanol–water partition coefficient (Wildman–Crippen LogP) is 6.69. The van der Waals surface area contributed by atoms with Crippen molar-refractivity contribution < 1.29 is 19.0 Å². The maximum Gasteiger partial charge on any atom is 0.320 e. The van der Waals surface area contributed by atoms with Crippen LogP contribution in [-0.4, -0.2) is 83.4 Å². The summed E-state index contributed by atoms with van der Waals surface area (Å²) < 4.78 is 20.2. The third kappa shape index (κ3) is 9.57. The number of ether oxygens (including phenoxy) is 3. The van der Waals surface area contributed by atoms with Crippen LogP contribution < -0.4 is 30.7 Å². The number of amidine groups is 1. The highest BCUT2D eigenvalue weighted by atomic mass is 16.5. The van der Waals surface area contributed by atoms with Gasteiger partial charge in [-0.05, 0) is 74.4 Å². The van der Waals surface area contributed by atoms with Crippen molar-refractivity contribution in [3.63, 3.8) is 0 Å². The number of fused-ring (bicyclic) bond motifs is 2. The lowest BCUT2D eigenvalue weighted by atomic mass is 9.85. The molecule has 0 saturated carbocycles. The number of pyridine rings is 1. The molecule has 13 heteroatoms. The lowest BCUT2D eigenvalue weighted by Gasteiger charge is -2.33. The van der Waals surface area contributed by atoms with Gasteiger partial charge < -0.3 is 30.2 Å². The summed E-state index contributed by atoms with van der Waals surface area (Å²) in [6, 6.07) is 19.4. The van der Waals surface area contributed by atoms with Crippen molar-refractivity contribution in [2.24, 2.45) is 16.1 Å². The lowest BCUT2D eigenvalue weighted by molar-refractivity contribution is 0.0322. The van der Waals surface area contributed by atoms with E-state index in [0.717, 1.165) is 80.7 Å². The fourth-order valence-electron chi connectivity index (χ4n) is 7.38. The topological polar surface area (TPSA) is 144 Å². The first-order valence-corrected chi connectivity index (χ1v) is 19.6. The van der Waals surface area contributed by atoms with Crippen LogP contribution in [0.25, 0.3) is 5.65 Å². The number of aliphatic imine (C=N–C) groups is 1. The maximum atomic E-state index is 13.7. The molecule has 0 radical (unpaired) electrons. The molecule has 2 aromatic carbocycles. The number of amides is 2. The molecule has 55 heavy (non-hydrogen) atoms. The third-order valence-corrected chi connectivity index (χ3v) is 10.7. The second-order valence-electron chi connectivity index (χ2n) is 15.7. The van der Waals surface area contributed by atoms with Crippen molar-refractivity contribution in [2.75, 3.05) is 50.9 Å². The molecule has 13 nitrogen and oxygen atoms in total. The molecule has 2 amide bonds. The van der Waals surface area contributed by atoms with E-state index in [4.69, 9.17) is 24.9 Å². The zero-order valence-electron chi connectivity index (χ0n) is 32.5. The smallest absolute Gasteiger partial charge is 0.320 e. The molecule has 3 aliphatic rings. The standard InChI is InChI=1S/C42H55N9O4/c1-29-10-7-8-19-50(29)41-48-47-39-18-15-32(28-51(39)41)55-36-17-16-35(33-13-5-6-14-34(33)36)45-40(52)46-38(27-37(43)42(2,3)4)44-30-11-9-12-31(26-30)54-25-22-49-20-23-53-24-21-49/h5-6,9,11-15,18,26-29,35-36H,7-8,10,16-17,19-25,43H2,1-4H3,(H2,44,45,46,52)/b37-27-/t29-,35-,36+/m0/s1. The zero-order valence-corrected chi connectivity index (χ0v) is 32.5. The molecule has 292 valence electrons. The molecule has 0 bridgehead atoms. The molecule has 4 heterocycles. The van der Waals surface area contributed by atoms with Crippen LogP contribution in [0.15, 0.2) is 83.6 Å². The summed E-state index contributed by atoms with van der Waals surface area (Å²) in [5.41, 5.74) is 10.3. The van der Waals surface area contributed by atoms with Gasteiger partial charge in [0.1, 0.15) is 30.0 Å². The summed E-state index contributed by atoms with van der Waals surface area (Å²) in [5, 5.41) is 15.2. The molecule has 2 fully saturated rings. The van der Waals surface area contributed by atoms with Crippen LogP contribution in [0.3, 0.4) is 0 Å². The second kappa shape index (κ2) is 17.1. The first kappa shape index (κ1) is 38.1. The van der Waals surface area contributed by atoms with E-state index in [1.54, 1.807) is 6.08 Å². The number of benzene rings is 2. The number of hydrogen-bond donors (Lipinski definition) is 3. The highest BCUT2D eigenvalue weighted by Crippen LogP contribution is 2.39. The Morgan fingerprint density at radius 3 is 2.60 bits per heavy atom. The Hall–Kier alpha value is -5.14. The molecular formula is C42H55N9O4. The minimum Gasteiger partial charge on any atom is -0.492 e. The Bertz CT molecular complexity index is 2000. The first-order chi connectivity index (χ1) is 26.6. The van der Waals surface area contributed by atoms with Crippen LogP contribution >= 0.6 is 0 Å². The van der Waals surface area contributed by atoms with Gasteiger partial charge in [0, 0.05) is 55.5 Å². The Balaban J connectivity index is 1.04. The Kier molecular flexibility index (Phi) is 11.9. The van der Waals surface area contributed by atoms with Gasteiger partial charge in [0.15, 0.2) is 5.65 Å². The number of carbonyl (C=O) groups is 1. The molecule has 2 saturated heterocycles. The number of urea groups is 1. The fourth-order valence-corrected chi connectivity index (χ4v) is 7.38. The summed E-state index contributed by atoms with van der Waals surface area (Å²) in [6.07, 6.45) is 8.49. The largest absolute Gasteiger partial charge is 0.492 e. The van der Waals surface area contributed by atoms with Crippen molar-refractivity contribution >= 4 is 29.1 Å². The normalized spacial score (nSPS) is 21.2. The summed E-state index contributed by atoms with van der Waals surface area (Å²) in [5.74, 6) is 2.65. The molecule has 2 aromatic heterocycles. The van der Waals surface area contributed by atoms with Crippen LogP contribution in [0, 0.1) is 5.41 Å². The number of nitrogens with one attached hydrogen (secondary N) is 2. The Labute approximate surface area is 323 Å². The van der Waals surface area contributed by atoms with Crippen molar-refractivity contribution in [1.82, 2.24) is 30.1 Å². The van der Waals surface area contributed by atoms with Gasteiger partial charge in [0.25, 0.3) is 0 Å². The Morgan fingerprint density at radius 2 is 1.80 bits per heavy atom. The summed E-state index contributed by atoms with van der Waals surface area (Å²) in [6.45, 7) is 14.0. The number of allylic oxidation sites excluding steroid dienone is 1. The van der Waals surface area contributed by atoms with E-state index < -0.39 is 0 Å². The summed E-state index contributed by atoms with van der Waals surface area (Å²) >= 11 is 0. The number of piperidine rings is 1. The molecule has 1 aliphatic carbocycles. The van der Waals surface area contributed by atoms with Crippen molar-refractivity contribution in [3.05, 3.63) is 89.8 Å². The van der Waals surface area contributed by atoms with Crippen molar-refractivity contribution in [2.45, 2.75) is 78.0 Å². The van der Waals surface area contributed by atoms with E-state index in [0.29, 0.717) is 48.5 Å². The Morgan fingerprint density at radius 1 is 0.982 bits per heavy atom. The van der Waals surface area contributed by atoms with Crippen LogP contribution in [0.4, 0.5) is 16.4 Å². The number of rotatable bonds is 10. The molecular weight excluding hydrogens is 695 g/mol. The summed E-state index contributed by atoms with van der Waals surface area (Å²) in [4.78, 5) is 23.2.